The highest BCUT2D eigenvalue weighted by molar-refractivity contribution is 7.00. The average molecular weight is 953 g/mol. The number of ketones is 1. The standard InChI is InChI=1S/C55H72O12Si/c1-36(2)21-19-22-37(3)23-20-24-38(4)29-31-44-34-47(67-68(55(10,11)12,45-25-15-13-16-26-45)46-27-17-14-18-28-46)39(5)33-48(44)64-54-53(66-50(60)32-30-40(6)56)52(63-43(9)59)51(62-42(8)58)49(65-54)35-61-41(7)57/h13-18,21,23,25-29,33-34,49,51-54H,19-20,22,24,30-32,35H2,1-12H3/b37-23+,38-29+/t49-,51+,52+,53-,54-/m1/s1. The maximum absolute atomic E-state index is 13.4. The third-order valence-corrected chi connectivity index (χ3v) is 16.6. The Morgan fingerprint density at radius 1 is 0.632 bits per heavy atom. The Balaban J connectivity index is 1.90. The van der Waals surface area contributed by atoms with Crippen molar-refractivity contribution < 1.29 is 56.8 Å². The quantitative estimate of drug-likeness (QED) is 0.0408. The number of carbonyl (C=O) groups is 5. The van der Waals surface area contributed by atoms with Gasteiger partial charge in [-0.25, -0.2) is 0 Å². The molecule has 0 N–H and O–H groups in total. The summed E-state index contributed by atoms with van der Waals surface area (Å²) in [7, 11) is -3.12. The van der Waals surface area contributed by atoms with Crippen LogP contribution in [0, 0.1) is 6.92 Å². The van der Waals surface area contributed by atoms with Gasteiger partial charge in [0.15, 0.2) is 12.2 Å². The molecule has 0 saturated carbocycles. The Hall–Kier alpha value is -5.79. The summed E-state index contributed by atoms with van der Waals surface area (Å²) in [5, 5.41) is 1.85. The van der Waals surface area contributed by atoms with Crippen LogP contribution in [0.2, 0.25) is 5.04 Å². The lowest BCUT2D eigenvalue weighted by Gasteiger charge is -2.44. The number of allylic oxidation sites excluding steroid dienone is 6. The zero-order valence-corrected chi connectivity index (χ0v) is 43.1. The summed E-state index contributed by atoms with van der Waals surface area (Å²) in [6.07, 6.45) is 3.32. The van der Waals surface area contributed by atoms with Crippen molar-refractivity contribution in [1.82, 2.24) is 0 Å². The highest BCUT2D eigenvalue weighted by atomic mass is 28.4. The SMILES string of the molecule is CC(=O)CCC(=O)O[C@H]1[C@H](Oc2cc(C)c(O[Si](c3ccccc3)(c3ccccc3)C(C)(C)C)cc2C/C=C(\C)CC/C=C(\C)CCC=C(C)C)O[C@H](COC(C)=O)[C@H](OC(C)=O)[C@@H]1OC(C)=O. The molecule has 3 aromatic rings. The molecule has 12 nitrogen and oxygen atoms in total. The van der Waals surface area contributed by atoms with Crippen molar-refractivity contribution in [3.05, 3.63) is 119 Å². The molecule has 1 aliphatic rings. The van der Waals surface area contributed by atoms with Gasteiger partial charge < -0.3 is 37.6 Å². The van der Waals surface area contributed by atoms with Crippen LogP contribution in [0.25, 0.3) is 0 Å². The molecule has 4 rings (SSSR count). The summed E-state index contributed by atoms with van der Waals surface area (Å²) in [5.74, 6) is -2.20. The lowest BCUT2D eigenvalue weighted by atomic mass is 9.97. The Morgan fingerprint density at radius 3 is 1.72 bits per heavy atom. The first-order valence-corrected chi connectivity index (χ1v) is 25.4. The second-order valence-corrected chi connectivity index (χ2v) is 23.1. The third kappa shape index (κ3) is 15.9. The molecule has 3 aromatic carbocycles. The van der Waals surface area contributed by atoms with Crippen molar-refractivity contribution in [2.24, 2.45) is 0 Å². The van der Waals surface area contributed by atoms with E-state index in [1.54, 1.807) is 0 Å². The smallest absolute Gasteiger partial charge is 0.319 e. The van der Waals surface area contributed by atoms with Crippen LogP contribution in [-0.2, 0) is 54.1 Å². The number of benzene rings is 3. The van der Waals surface area contributed by atoms with Gasteiger partial charge in [-0.3, -0.25) is 19.2 Å². The van der Waals surface area contributed by atoms with Gasteiger partial charge in [0.1, 0.15) is 30.0 Å². The minimum atomic E-state index is -3.12. The van der Waals surface area contributed by atoms with Gasteiger partial charge in [-0.15, -0.1) is 0 Å². The molecule has 0 spiro atoms. The topological polar surface area (TPSA) is 150 Å². The fourth-order valence-electron chi connectivity index (χ4n) is 8.23. The fourth-order valence-corrected chi connectivity index (χ4v) is 12.7. The normalized spacial score (nSPS) is 18.7. The lowest BCUT2D eigenvalue weighted by Crippen LogP contribution is -2.68. The van der Waals surface area contributed by atoms with E-state index in [1.165, 1.54) is 25.0 Å². The van der Waals surface area contributed by atoms with Crippen LogP contribution in [0.15, 0.2) is 108 Å². The number of rotatable bonds is 22. The number of esters is 4. The van der Waals surface area contributed by atoms with E-state index in [1.807, 2.05) is 55.5 Å². The number of ether oxygens (including phenoxy) is 6. The van der Waals surface area contributed by atoms with Gasteiger partial charge in [0, 0.05) is 32.8 Å². The Morgan fingerprint density at radius 2 is 1.19 bits per heavy atom. The molecule has 1 saturated heterocycles. The van der Waals surface area contributed by atoms with Crippen molar-refractivity contribution in [1.29, 1.82) is 0 Å². The molecular formula is C55H72O12Si. The minimum Gasteiger partial charge on any atom is -0.534 e. The molecular weight excluding hydrogens is 881 g/mol. The highest BCUT2D eigenvalue weighted by Crippen LogP contribution is 2.41. The summed E-state index contributed by atoms with van der Waals surface area (Å²) >= 11 is 0. The molecule has 68 heavy (non-hydrogen) atoms. The molecule has 1 heterocycles. The van der Waals surface area contributed by atoms with Gasteiger partial charge in [-0.1, -0.05) is 116 Å². The van der Waals surface area contributed by atoms with Gasteiger partial charge in [0.2, 0.25) is 12.4 Å². The molecule has 1 fully saturated rings. The second kappa shape index (κ2) is 25.5. The number of carbonyl (C=O) groups excluding carboxylic acids is 5. The number of hydrogen-bond donors (Lipinski definition) is 0. The van der Waals surface area contributed by atoms with Crippen LogP contribution in [0.5, 0.6) is 11.5 Å². The molecule has 5 atom stereocenters. The number of aryl methyl sites for hydroxylation is 1. The molecule has 0 radical (unpaired) electrons. The summed E-state index contributed by atoms with van der Waals surface area (Å²) < 4.78 is 43.5. The van der Waals surface area contributed by atoms with Crippen LogP contribution < -0.4 is 19.5 Å². The second-order valence-electron chi connectivity index (χ2n) is 18.9. The summed E-state index contributed by atoms with van der Waals surface area (Å²) in [6, 6.07) is 24.5. The van der Waals surface area contributed by atoms with Crippen LogP contribution in [-0.4, -0.2) is 75.3 Å². The van der Waals surface area contributed by atoms with E-state index in [0.717, 1.165) is 61.0 Å². The zero-order valence-electron chi connectivity index (χ0n) is 42.1. The van der Waals surface area contributed by atoms with Crippen LogP contribution in [0.4, 0.5) is 0 Å². The minimum absolute atomic E-state index is 0.105. The molecule has 13 heteroatoms. The van der Waals surface area contributed by atoms with Gasteiger partial charge in [-0.05, 0) is 107 Å². The molecule has 1 aliphatic heterocycles. The summed E-state index contributed by atoms with van der Waals surface area (Å²) in [4.78, 5) is 62.7. The van der Waals surface area contributed by atoms with E-state index in [0.29, 0.717) is 23.5 Å². The third-order valence-electron chi connectivity index (χ3n) is 11.7. The number of Topliss-reactive ketones (excluding diaryl/α,β-unsaturated/α-hetero) is 1. The Kier molecular flexibility index (Phi) is 20.6. The van der Waals surface area contributed by atoms with Crippen LogP contribution in [0.3, 0.4) is 0 Å². The number of hydrogen-bond acceptors (Lipinski definition) is 12. The van der Waals surface area contributed by atoms with E-state index < -0.39 is 69.5 Å². The van der Waals surface area contributed by atoms with Crippen molar-refractivity contribution in [3.63, 3.8) is 0 Å². The zero-order chi connectivity index (χ0) is 50.2. The van der Waals surface area contributed by atoms with Crippen molar-refractivity contribution in [2.45, 2.75) is 164 Å². The van der Waals surface area contributed by atoms with E-state index in [9.17, 15) is 24.0 Å². The fraction of sp³-hybridized carbons (Fsp3) is 0.473. The predicted octanol–water partition coefficient (Wildman–Crippen LogP) is 9.71. The van der Waals surface area contributed by atoms with Crippen LogP contribution in [0.1, 0.15) is 126 Å². The molecule has 0 bridgehead atoms. The van der Waals surface area contributed by atoms with Crippen molar-refractivity contribution >= 4 is 48.4 Å². The largest absolute Gasteiger partial charge is 0.534 e. The summed E-state index contributed by atoms with van der Waals surface area (Å²) in [6.45, 7) is 21.5. The van der Waals surface area contributed by atoms with E-state index in [4.69, 9.17) is 32.8 Å². The lowest BCUT2D eigenvalue weighted by molar-refractivity contribution is -0.289. The summed E-state index contributed by atoms with van der Waals surface area (Å²) in [5.41, 5.74) is 5.26. The predicted molar refractivity (Wildman–Crippen MR) is 265 cm³/mol. The van der Waals surface area contributed by atoms with Gasteiger partial charge >= 0.3 is 32.2 Å². The van der Waals surface area contributed by atoms with Crippen molar-refractivity contribution in [2.75, 3.05) is 6.61 Å². The Bertz CT molecular complexity index is 2250. The van der Waals surface area contributed by atoms with Gasteiger partial charge in [0.25, 0.3) is 0 Å². The highest BCUT2D eigenvalue weighted by Gasteiger charge is 2.54. The van der Waals surface area contributed by atoms with E-state index in [2.05, 4.69) is 91.0 Å². The first-order chi connectivity index (χ1) is 32.1. The van der Waals surface area contributed by atoms with Gasteiger partial charge in [-0.2, -0.15) is 0 Å². The Labute approximate surface area is 404 Å². The van der Waals surface area contributed by atoms with Gasteiger partial charge in [0.05, 0.1) is 6.42 Å². The monoisotopic (exact) mass is 952 g/mol. The molecule has 0 unspecified atom stereocenters. The average Bonchev–Trinajstić information content (AvgIpc) is 3.26. The molecule has 0 aliphatic carbocycles. The molecule has 0 amide bonds. The van der Waals surface area contributed by atoms with E-state index in [-0.39, 0.29) is 23.7 Å². The van der Waals surface area contributed by atoms with E-state index >= 15 is 0 Å². The van der Waals surface area contributed by atoms with Crippen molar-refractivity contribution in [3.8, 4) is 11.5 Å². The molecule has 368 valence electrons. The molecule has 0 aromatic heterocycles. The first kappa shape index (κ1) is 54.8. The maximum atomic E-state index is 13.4. The maximum Gasteiger partial charge on any atom is 0.319 e. The first-order valence-electron chi connectivity index (χ1n) is 23.5. The van der Waals surface area contributed by atoms with Crippen LogP contribution >= 0.6 is 0 Å².